The summed E-state index contributed by atoms with van der Waals surface area (Å²) in [6.45, 7) is 0.268. The lowest BCUT2D eigenvalue weighted by molar-refractivity contribution is 0.0979. The molecule has 2 aromatic carbocycles. The van der Waals surface area contributed by atoms with Gasteiger partial charge in [-0.05, 0) is 36.4 Å². The summed E-state index contributed by atoms with van der Waals surface area (Å²) in [5, 5.41) is 1.48. The van der Waals surface area contributed by atoms with Crippen molar-refractivity contribution >= 4 is 34.1 Å². The van der Waals surface area contributed by atoms with Crippen molar-refractivity contribution < 1.29 is 9.21 Å². The Morgan fingerprint density at radius 3 is 2.58 bits per heavy atom. The SMILES string of the molecule is O=C(c1ccc2ccccc2n1)N(Cc1ccco1)c1ccccc1Cl. The highest BCUT2D eigenvalue weighted by atomic mass is 35.5. The second kappa shape index (κ2) is 7.02. The minimum Gasteiger partial charge on any atom is -0.467 e. The number of hydrogen-bond donors (Lipinski definition) is 0. The maximum absolute atomic E-state index is 13.2. The standard InChI is InChI=1S/C21H15ClN2O2/c22-17-8-2-4-10-20(17)24(14-16-7-5-13-26-16)21(25)19-12-11-15-6-1-3-9-18(15)23-19/h1-13H,14H2. The van der Waals surface area contributed by atoms with Crippen molar-refractivity contribution in [3.63, 3.8) is 0 Å². The Bertz CT molecular complexity index is 1060. The van der Waals surface area contributed by atoms with Crippen LogP contribution in [0.4, 0.5) is 5.69 Å². The maximum atomic E-state index is 13.2. The quantitative estimate of drug-likeness (QED) is 0.493. The molecule has 26 heavy (non-hydrogen) atoms. The minimum atomic E-state index is -0.236. The van der Waals surface area contributed by atoms with E-state index in [1.807, 2.05) is 54.6 Å². The lowest BCUT2D eigenvalue weighted by Gasteiger charge is -2.22. The van der Waals surface area contributed by atoms with E-state index in [2.05, 4.69) is 4.98 Å². The van der Waals surface area contributed by atoms with E-state index in [1.54, 1.807) is 29.4 Å². The van der Waals surface area contributed by atoms with Crippen molar-refractivity contribution in [1.29, 1.82) is 0 Å². The lowest BCUT2D eigenvalue weighted by Crippen LogP contribution is -2.31. The third kappa shape index (κ3) is 3.19. The summed E-state index contributed by atoms with van der Waals surface area (Å²) < 4.78 is 5.42. The first-order valence-electron chi connectivity index (χ1n) is 8.17. The van der Waals surface area contributed by atoms with Crippen LogP contribution in [0.25, 0.3) is 10.9 Å². The van der Waals surface area contributed by atoms with Gasteiger partial charge in [0.25, 0.3) is 5.91 Å². The smallest absolute Gasteiger partial charge is 0.277 e. The second-order valence-corrected chi connectivity index (χ2v) is 6.22. The summed E-state index contributed by atoms with van der Waals surface area (Å²) in [6, 6.07) is 22.2. The summed E-state index contributed by atoms with van der Waals surface area (Å²) in [7, 11) is 0. The van der Waals surface area contributed by atoms with Crippen LogP contribution < -0.4 is 4.90 Å². The normalized spacial score (nSPS) is 10.8. The molecule has 0 bridgehead atoms. The number of halogens is 1. The summed E-state index contributed by atoms with van der Waals surface area (Å²) in [6.07, 6.45) is 1.58. The van der Waals surface area contributed by atoms with Crippen molar-refractivity contribution in [3.05, 3.63) is 95.5 Å². The van der Waals surface area contributed by atoms with Gasteiger partial charge in [-0.3, -0.25) is 9.69 Å². The first-order chi connectivity index (χ1) is 12.7. The van der Waals surface area contributed by atoms with E-state index >= 15 is 0 Å². The Morgan fingerprint density at radius 2 is 1.77 bits per heavy atom. The zero-order valence-corrected chi connectivity index (χ0v) is 14.6. The number of nitrogens with zero attached hydrogens (tertiary/aromatic N) is 2. The summed E-state index contributed by atoms with van der Waals surface area (Å²) in [5.74, 6) is 0.430. The van der Waals surface area contributed by atoms with E-state index in [9.17, 15) is 4.79 Å². The number of hydrogen-bond acceptors (Lipinski definition) is 3. The Labute approximate surface area is 155 Å². The monoisotopic (exact) mass is 362 g/mol. The van der Waals surface area contributed by atoms with Gasteiger partial charge in [-0.2, -0.15) is 0 Å². The van der Waals surface area contributed by atoms with Crippen LogP contribution in [0.5, 0.6) is 0 Å². The summed E-state index contributed by atoms with van der Waals surface area (Å²) in [4.78, 5) is 19.3. The van der Waals surface area contributed by atoms with Gasteiger partial charge in [0.1, 0.15) is 11.5 Å². The van der Waals surface area contributed by atoms with Gasteiger partial charge in [-0.1, -0.05) is 48.0 Å². The van der Waals surface area contributed by atoms with Crippen LogP contribution in [0.1, 0.15) is 16.2 Å². The summed E-state index contributed by atoms with van der Waals surface area (Å²) >= 11 is 6.34. The third-order valence-electron chi connectivity index (χ3n) is 4.10. The molecule has 4 rings (SSSR count). The summed E-state index contributed by atoms with van der Waals surface area (Å²) in [5.41, 5.74) is 1.75. The Balaban J connectivity index is 1.76. The number of para-hydroxylation sites is 2. The maximum Gasteiger partial charge on any atom is 0.277 e. The van der Waals surface area contributed by atoms with Gasteiger partial charge in [0.2, 0.25) is 0 Å². The fourth-order valence-corrected chi connectivity index (χ4v) is 3.06. The topological polar surface area (TPSA) is 46.3 Å². The molecule has 2 aromatic heterocycles. The highest BCUT2D eigenvalue weighted by Gasteiger charge is 2.22. The van der Waals surface area contributed by atoms with Crippen LogP contribution in [-0.4, -0.2) is 10.9 Å². The van der Waals surface area contributed by atoms with E-state index in [1.165, 1.54) is 0 Å². The zero-order chi connectivity index (χ0) is 17.9. The van der Waals surface area contributed by atoms with E-state index in [4.69, 9.17) is 16.0 Å². The van der Waals surface area contributed by atoms with Crippen molar-refractivity contribution in [2.45, 2.75) is 6.54 Å². The van der Waals surface area contributed by atoms with E-state index in [-0.39, 0.29) is 12.5 Å². The number of pyridine rings is 1. The van der Waals surface area contributed by atoms with Crippen LogP contribution in [-0.2, 0) is 6.54 Å². The van der Waals surface area contributed by atoms with E-state index in [0.717, 1.165) is 10.9 Å². The molecule has 5 heteroatoms. The largest absolute Gasteiger partial charge is 0.467 e. The fourth-order valence-electron chi connectivity index (χ4n) is 2.82. The van der Waals surface area contributed by atoms with Crippen molar-refractivity contribution in [1.82, 2.24) is 4.98 Å². The number of carbonyl (C=O) groups is 1. The van der Waals surface area contributed by atoms with E-state index < -0.39 is 0 Å². The van der Waals surface area contributed by atoms with Gasteiger partial charge in [0.05, 0.1) is 29.0 Å². The fraction of sp³-hybridized carbons (Fsp3) is 0.0476. The first-order valence-corrected chi connectivity index (χ1v) is 8.55. The second-order valence-electron chi connectivity index (χ2n) is 5.81. The molecule has 128 valence electrons. The molecule has 1 amide bonds. The molecule has 2 heterocycles. The Morgan fingerprint density at radius 1 is 0.962 bits per heavy atom. The molecule has 0 radical (unpaired) electrons. The predicted octanol–water partition coefficient (Wildman–Crippen LogP) is 5.33. The Kier molecular flexibility index (Phi) is 4.42. The molecule has 0 spiro atoms. The number of fused-ring (bicyclic) bond motifs is 1. The average molecular weight is 363 g/mol. The average Bonchev–Trinajstić information content (AvgIpc) is 3.19. The van der Waals surface area contributed by atoms with Gasteiger partial charge < -0.3 is 4.42 Å². The van der Waals surface area contributed by atoms with Crippen LogP contribution >= 0.6 is 11.6 Å². The van der Waals surface area contributed by atoms with Crippen LogP contribution in [0.15, 0.2) is 83.5 Å². The molecule has 0 saturated heterocycles. The van der Waals surface area contributed by atoms with Crippen molar-refractivity contribution in [2.75, 3.05) is 4.90 Å². The molecule has 4 aromatic rings. The minimum absolute atomic E-state index is 0.236. The van der Waals surface area contributed by atoms with Crippen molar-refractivity contribution in [3.8, 4) is 0 Å². The molecule has 4 nitrogen and oxygen atoms in total. The van der Waals surface area contributed by atoms with Gasteiger partial charge in [0.15, 0.2) is 0 Å². The molecule has 0 atom stereocenters. The number of rotatable bonds is 4. The van der Waals surface area contributed by atoms with Crippen LogP contribution in [0.2, 0.25) is 5.02 Å². The van der Waals surface area contributed by atoms with Gasteiger partial charge >= 0.3 is 0 Å². The number of furan rings is 1. The molecular formula is C21H15ClN2O2. The predicted molar refractivity (Wildman–Crippen MR) is 102 cm³/mol. The highest BCUT2D eigenvalue weighted by Crippen LogP contribution is 2.28. The van der Waals surface area contributed by atoms with E-state index in [0.29, 0.717) is 22.2 Å². The molecule has 0 fully saturated rings. The third-order valence-corrected chi connectivity index (χ3v) is 4.42. The molecule has 0 N–H and O–H groups in total. The Hall–Kier alpha value is -3.11. The number of amides is 1. The highest BCUT2D eigenvalue weighted by molar-refractivity contribution is 6.34. The van der Waals surface area contributed by atoms with Gasteiger partial charge in [0, 0.05) is 5.39 Å². The number of aromatic nitrogens is 1. The molecule has 0 unspecified atom stereocenters. The molecular weight excluding hydrogens is 348 g/mol. The molecule has 0 aliphatic heterocycles. The van der Waals surface area contributed by atoms with Gasteiger partial charge in [-0.25, -0.2) is 4.98 Å². The van der Waals surface area contributed by atoms with Crippen molar-refractivity contribution in [2.24, 2.45) is 0 Å². The van der Waals surface area contributed by atoms with Gasteiger partial charge in [-0.15, -0.1) is 0 Å². The lowest BCUT2D eigenvalue weighted by atomic mass is 10.2. The number of benzene rings is 2. The number of anilines is 1. The van der Waals surface area contributed by atoms with Crippen LogP contribution in [0.3, 0.4) is 0 Å². The molecule has 0 saturated carbocycles. The number of carbonyl (C=O) groups excluding carboxylic acids is 1. The van der Waals surface area contributed by atoms with Crippen LogP contribution in [0, 0.1) is 0 Å². The molecule has 0 aliphatic rings. The molecule has 0 aliphatic carbocycles. The zero-order valence-electron chi connectivity index (χ0n) is 13.8. The first kappa shape index (κ1) is 16.4.